The fraction of sp³-hybridized carbons (Fsp3) is 0.491. The topological polar surface area (TPSA) is 207 Å². The molecule has 4 N–H and O–H groups in total. The van der Waals surface area contributed by atoms with Gasteiger partial charge in [-0.2, -0.15) is 0 Å². The lowest BCUT2D eigenvalue weighted by molar-refractivity contribution is -0.136. The van der Waals surface area contributed by atoms with Crippen LogP contribution in [0.4, 0.5) is 30.0 Å². The Labute approximate surface area is 434 Å². The molecule has 6 atom stereocenters. The number of likely N-dealkylation sites (tertiary alicyclic amines) is 2. The minimum Gasteiger partial charge on any atom is -0.453 e. The van der Waals surface area contributed by atoms with Crippen LogP contribution in [0.25, 0.3) is 22.1 Å². The monoisotopic (exact) mass is 1030 g/mol. The number of fused-ring (bicyclic) bond motifs is 2. The molecule has 4 amide bonds. The number of methoxy groups -OCH3 is 2. The van der Waals surface area contributed by atoms with Crippen LogP contribution >= 0.6 is 0 Å². The summed E-state index contributed by atoms with van der Waals surface area (Å²) in [7, 11) is 2.51. The molecule has 0 bridgehead atoms. The number of benzene rings is 3. The van der Waals surface area contributed by atoms with Gasteiger partial charge in [-0.1, -0.05) is 64.1 Å². The fourth-order valence-electron chi connectivity index (χ4n) is 11.9. The van der Waals surface area contributed by atoms with E-state index in [2.05, 4.69) is 49.8 Å². The highest BCUT2D eigenvalue weighted by molar-refractivity contribution is 5.88. The van der Waals surface area contributed by atoms with E-state index in [1.165, 1.54) is 25.8 Å². The number of nitrogens with one attached hydrogen (secondary N) is 4. The smallest absolute Gasteiger partial charge is 0.407 e. The number of H-pyrrole nitrogens is 2. The third kappa shape index (κ3) is 10.0. The van der Waals surface area contributed by atoms with Gasteiger partial charge in [0.25, 0.3) is 0 Å². The molecule has 75 heavy (non-hydrogen) atoms. The molecule has 4 fully saturated rings. The van der Waals surface area contributed by atoms with E-state index < -0.39 is 60.1 Å². The lowest BCUT2D eigenvalue weighted by Gasteiger charge is -2.34. The van der Waals surface area contributed by atoms with E-state index in [9.17, 15) is 19.2 Å². The van der Waals surface area contributed by atoms with Crippen molar-refractivity contribution in [3.05, 3.63) is 107 Å². The minimum atomic E-state index is -0.827. The van der Waals surface area contributed by atoms with E-state index in [0.717, 1.165) is 32.4 Å². The van der Waals surface area contributed by atoms with Crippen LogP contribution < -0.4 is 20.4 Å². The second-order valence-electron chi connectivity index (χ2n) is 21.0. The Bertz CT molecular complexity index is 3040. The Morgan fingerprint density at radius 2 is 1.21 bits per heavy atom. The maximum Gasteiger partial charge on any atom is 0.407 e. The lowest BCUT2D eigenvalue weighted by atomic mass is 9.90. The van der Waals surface area contributed by atoms with Gasteiger partial charge >= 0.3 is 12.2 Å². The Balaban J connectivity index is 0.967. The molecule has 0 radical (unpaired) electrons. The molecule has 4 saturated heterocycles. The summed E-state index contributed by atoms with van der Waals surface area (Å²) in [6.07, 6.45) is 7.58. The predicted molar refractivity (Wildman–Crippen MR) is 278 cm³/mol. The zero-order valence-electron chi connectivity index (χ0n) is 43.3. The van der Waals surface area contributed by atoms with Gasteiger partial charge in [0.05, 0.1) is 73.0 Å². The molecular formula is C55H66F2N12O6. The van der Waals surface area contributed by atoms with E-state index in [-0.39, 0.29) is 29.2 Å². The van der Waals surface area contributed by atoms with Crippen LogP contribution in [0.3, 0.4) is 0 Å². The van der Waals surface area contributed by atoms with Crippen molar-refractivity contribution in [3.8, 4) is 0 Å². The van der Waals surface area contributed by atoms with Crippen molar-refractivity contribution in [2.24, 2.45) is 11.8 Å². The van der Waals surface area contributed by atoms with Gasteiger partial charge in [-0.05, 0) is 86.8 Å². The second kappa shape index (κ2) is 21.5. The van der Waals surface area contributed by atoms with Crippen molar-refractivity contribution in [2.45, 2.75) is 121 Å². The highest BCUT2D eigenvalue weighted by Gasteiger charge is 2.42. The molecule has 0 spiro atoms. The van der Waals surface area contributed by atoms with Crippen LogP contribution in [0.2, 0.25) is 0 Å². The van der Waals surface area contributed by atoms with Gasteiger partial charge in [0.15, 0.2) is 5.82 Å². The van der Waals surface area contributed by atoms with Gasteiger partial charge in [-0.15, -0.1) is 0 Å². The molecule has 0 unspecified atom stereocenters. The first-order valence-electron chi connectivity index (χ1n) is 26.3. The quantitative estimate of drug-likeness (QED) is 0.0855. The maximum atomic E-state index is 17.4. The van der Waals surface area contributed by atoms with Crippen LogP contribution in [-0.4, -0.2) is 116 Å². The molecule has 3 aromatic carbocycles. The SMILES string of the molecule is COC(=O)N[C@H](C(=O)N1CCC[C@@H]1c1nc2cc(F)c([C@H]3CC[C@H](c4ccc5[nH]c([C@@H]6CCCN6C(=O)[C@@H](NC(=O)OC)C(C)C)nc5c4F)N3c3cnc(N4CCC(c5ccccc5)CC4)nc3)cc2[nH]1)C(C)C. The molecule has 18 nitrogen and oxygen atoms in total. The second-order valence-corrected chi connectivity index (χ2v) is 21.0. The molecule has 4 aliphatic rings. The highest BCUT2D eigenvalue weighted by Crippen LogP contribution is 2.49. The number of aromatic nitrogens is 6. The number of aromatic amines is 2. The van der Waals surface area contributed by atoms with Gasteiger partial charge in [0.2, 0.25) is 17.8 Å². The number of rotatable bonds is 13. The maximum absolute atomic E-state index is 17.4. The zero-order chi connectivity index (χ0) is 52.7. The van der Waals surface area contributed by atoms with Crippen molar-refractivity contribution in [1.29, 1.82) is 0 Å². The summed E-state index contributed by atoms with van der Waals surface area (Å²) in [6, 6.07) is 13.6. The van der Waals surface area contributed by atoms with E-state index in [4.69, 9.17) is 29.4 Å². The number of amides is 4. The number of nitrogens with zero attached hydrogens (tertiary/aromatic N) is 8. The number of ether oxygens (including phenoxy) is 2. The van der Waals surface area contributed by atoms with Crippen LogP contribution in [-0.2, 0) is 19.1 Å². The fourth-order valence-corrected chi connectivity index (χ4v) is 11.9. The lowest BCUT2D eigenvalue weighted by Crippen LogP contribution is -2.51. The molecule has 0 saturated carbocycles. The number of halogens is 2. The summed E-state index contributed by atoms with van der Waals surface area (Å²) in [4.78, 5) is 86.2. The van der Waals surface area contributed by atoms with Crippen LogP contribution in [0, 0.1) is 23.5 Å². The molecule has 10 rings (SSSR count). The zero-order valence-corrected chi connectivity index (χ0v) is 43.3. The van der Waals surface area contributed by atoms with Gasteiger partial charge in [-0.3, -0.25) is 9.59 Å². The van der Waals surface area contributed by atoms with Crippen molar-refractivity contribution in [1.82, 2.24) is 50.3 Å². The summed E-state index contributed by atoms with van der Waals surface area (Å²) >= 11 is 0. The first-order valence-corrected chi connectivity index (χ1v) is 26.3. The van der Waals surface area contributed by atoms with E-state index >= 15 is 8.78 Å². The van der Waals surface area contributed by atoms with Crippen molar-refractivity contribution in [3.63, 3.8) is 0 Å². The summed E-state index contributed by atoms with van der Waals surface area (Å²) in [5, 5.41) is 5.36. The van der Waals surface area contributed by atoms with Gasteiger partial charge in [0.1, 0.15) is 35.1 Å². The first kappa shape index (κ1) is 51.1. The third-order valence-electron chi connectivity index (χ3n) is 15.8. The number of carbonyl (C=O) groups is 4. The average molecular weight is 1030 g/mol. The molecule has 396 valence electrons. The van der Waals surface area contributed by atoms with Crippen LogP contribution in [0.5, 0.6) is 0 Å². The minimum absolute atomic E-state index is 0.126. The van der Waals surface area contributed by atoms with Gasteiger partial charge in [0, 0.05) is 43.4 Å². The highest BCUT2D eigenvalue weighted by atomic mass is 19.1. The largest absolute Gasteiger partial charge is 0.453 e. The number of anilines is 2. The van der Waals surface area contributed by atoms with Gasteiger partial charge < -0.3 is 49.7 Å². The summed E-state index contributed by atoms with van der Waals surface area (Å²) in [6.45, 7) is 9.89. The number of hydrogen-bond acceptors (Lipinski definition) is 12. The Morgan fingerprint density at radius 1 is 0.653 bits per heavy atom. The normalized spacial score (nSPS) is 21.1. The molecule has 0 aliphatic carbocycles. The van der Waals surface area contributed by atoms with E-state index in [1.807, 2.05) is 38.7 Å². The van der Waals surface area contributed by atoms with E-state index in [1.54, 1.807) is 40.4 Å². The third-order valence-corrected chi connectivity index (χ3v) is 15.8. The number of alkyl carbamates (subject to hydrolysis) is 2. The van der Waals surface area contributed by atoms with Crippen LogP contribution in [0.15, 0.2) is 67.0 Å². The Morgan fingerprint density at radius 3 is 1.79 bits per heavy atom. The van der Waals surface area contributed by atoms with Crippen molar-refractivity contribution < 1.29 is 37.4 Å². The van der Waals surface area contributed by atoms with Crippen molar-refractivity contribution >= 4 is 57.7 Å². The average Bonchev–Trinajstić information content (AvgIpc) is 4.29. The number of imidazole rings is 2. The molecule has 4 aliphatic heterocycles. The standard InChI is InChI=1S/C55H66F2N12O6/c1-30(2)46(64-54(72)74-5)51(70)67-22-10-14-43(67)49-61-39-26-36(37(56)27-40(39)62-49)42-19-18-41(69(42)34-28-58-53(59-29-34)66-24-20-33(21-25-66)32-12-8-7-9-13-32)35-16-17-38-48(45(35)57)63-50(60-38)44-15-11-23-68(44)52(71)47(31(3)4)65-55(73)75-6/h7-9,12-13,16-17,26-31,33,41-44,46-47H,10-11,14-15,18-25H2,1-6H3,(H,60,63)(H,61,62)(H,64,72)(H,65,73)/t41-,42-,43-,44+,46+,47+/m1/s1. The van der Waals surface area contributed by atoms with Crippen LogP contribution in [0.1, 0.15) is 137 Å². The molecule has 6 aromatic rings. The number of piperidine rings is 1. The van der Waals surface area contributed by atoms with Crippen molar-refractivity contribution in [2.75, 3.05) is 50.2 Å². The Hall–Kier alpha value is -7.38. The molecule has 3 aromatic heterocycles. The predicted octanol–water partition coefficient (Wildman–Crippen LogP) is 9.06. The Kier molecular flexibility index (Phi) is 14.6. The summed E-state index contributed by atoms with van der Waals surface area (Å²) < 4.78 is 44.0. The summed E-state index contributed by atoms with van der Waals surface area (Å²) in [5.41, 5.74) is 4.25. The summed E-state index contributed by atoms with van der Waals surface area (Å²) in [5.74, 6) is 0.0337. The first-order chi connectivity index (χ1) is 36.2. The number of hydrogen-bond donors (Lipinski definition) is 4. The number of carbonyl (C=O) groups excluding carboxylic acids is 4. The van der Waals surface area contributed by atoms with E-state index in [0.29, 0.717) is 102 Å². The van der Waals surface area contributed by atoms with Gasteiger partial charge in [-0.25, -0.2) is 38.3 Å². The molecule has 7 heterocycles. The molecular weight excluding hydrogens is 963 g/mol. The molecule has 20 heteroatoms.